The number of aromatic nitrogens is 2. The van der Waals surface area contributed by atoms with Gasteiger partial charge in [-0.2, -0.15) is 0 Å². The maximum Gasteiger partial charge on any atom is 0.335 e. The summed E-state index contributed by atoms with van der Waals surface area (Å²) < 4.78 is 13.6. The second-order valence-corrected chi connectivity index (χ2v) is 6.27. The van der Waals surface area contributed by atoms with Gasteiger partial charge in [0, 0.05) is 13.1 Å². The predicted molar refractivity (Wildman–Crippen MR) is 112 cm³/mol. The topological polar surface area (TPSA) is 73.6 Å². The third-order valence-electron chi connectivity index (χ3n) is 4.37. The van der Waals surface area contributed by atoms with Crippen LogP contribution in [0.4, 0.5) is 0 Å². The van der Waals surface area contributed by atoms with Crippen LogP contribution < -0.4 is 9.47 Å². The van der Waals surface area contributed by atoms with Crippen molar-refractivity contribution < 1.29 is 19.4 Å². The normalized spacial score (nSPS) is 10.4. The van der Waals surface area contributed by atoms with E-state index in [2.05, 4.69) is 4.98 Å². The Bertz CT molecular complexity index is 1140. The molecule has 0 amide bonds. The number of carboxylic acid groups (broad SMARTS) is 1. The fraction of sp³-hybridized carbons (Fsp3) is 0.0909. The number of carboxylic acids is 1. The molecule has 0 unspecified atom stereocenters. The van der Waals surface area contributed by atoms with Crippen molar-refractivity contribution in [2.24, 2.45) is 7.05 Å². The molecule has 0 bridgehead atoms. The van der Waals surface area contributed by atoms with E-state index in [0.29, 0.717) is 5.75 Å². The summed E-state index contributed by atoms with van der Waals surface area (Å²) in [5.74, 6) is 1.72. The van der Waals surface area contributed by atoms with E-state index in [1.54, 1.807) is 12.1 Å². The smallest absolute Gasteiger partial charge is 0.335 e. The summed E-state index contributed by atoms with van der Waals surface area (Å²) in [7, 11) is 1.91. The maximum absolute atomic E-state index is 11.1. The molecule has 29 heavy (non-hydrogen) atoms. The molecule has 0 spiro atoms. The van der Waals surface area contributed by atoms with Crippen LogP contribution in [0.15, 0.2) is 72.8 Å². The van der Waals surface area contributed by atoms with Gasteiger partial charge in [0.1, 0.15) is 29.7 Å². The van der Waals surface area contributed by atoms with Gasteiger partial charge in [-0.05, 0) is 42.5 Å². The second kappa shape index (κ2) is 8.67. The van der Waals surface area contributed by atoms with Gasteiger partial charge in [0.2, 0.25) is 0 Å². The highest BCUT2D eigenvalue weighted by Gasteiger charge is 2.11. The fourth-order valence-electron chi connectivity index (χ4n) is 2.90. The molecule has 1 aromatic heterocycles. The number of rotatable bonds is 6. The molecule has 0 aliphatic carbocycles. The zero-order valence-electron chi connectivity index (χ0n) is 15.6. The van der Waals surface area contributed by atoms with E-state index in [9.17, 15) is 4.79 Å². The molecule has 7 heteroatoms. The number of hydrogen-bond donors (Lipinski definition) is 1. The SMILES string of the molecule is Cl.Cn1c(COc2cccc(C(=O)O)c2)nc2ccc(Oc3ccccc3)cc21. The summed E-state index contributed by atoms with van der Waals surface area (Å²) in [5, 5.41) is 9.08. The van der Waals surface area contributed by atoms with Crippen molar-refractivity contribution >= 4 is 29.4 Å². The van der Waals surface area contributed by atoms with Crippen LogP contribution in [0.5, 0.6) is 17.2 Å². The fourth-order valence-corrected chi connectivity index (χ4v) is 2.90. The van der Waals surface area contributed by atoms with Crippen LogP contribution in [0.25, 0.3) is 11.0 Å². The molecule has 4 aromatic rings. The van der Waals surface area contributed by atoms with Gasteiger partial charge in [0.05, 0.1) is 16.6 Å². The maximum atomic E-state index is 11.1. The number of aryl methyl sites for hydroxylation is 1. The molecule has 0 aliphatic heterocycles. The Morgan fingerprint density at radius 1 is 0.966 bits per heavy atom. The van der Waals surface area contributed by atoms with Gasteiger partial charge in [-0.3, -0.25) is 0 Å². The van der Waals surface area contributed by atoms with Crippen molar-refractivity contribution in [3.8, 4) is 17.2 Å². The summed E-state index contributed by atoms with van der Waals surface area (Å²) in [6, 6.07) is 21.7. The Morgan fingerprint density at radius 3 is 2.48 bits per heavy atom. The highest BCUT2D eigenvalue weighted by molar-refractivity contribution is 5.88. The highest BCUT2D eigenvalue weighted by atomic mass is 35.5. The van der Waals surface area contributed by atoms with Gasteiger partial charge in [-0.25, -0.2) is 9.78 Å². The summed E-state index contributed by atoms with van der Waals surface area (Å²) in [6.45, 7) is 0.225. The third kappa shape index (κ3) is 4.50. The number of fused-ring (bicyclic) bond motifs is 1. The van der Waals surface area contributed by atoms with Crippen LogP contribution >= 0.6 is 12.4 Å². The molecule has 0 radical (unpaired) electrons. The molecule has 148 valence electrons. The lowest BCUT2D eigenvalue weighted by Crippen LogP contribution is -2.04. The molecule has 0 fully saturated rings. The number of benzene rings is 3. The Labute approximate surface area is 173 Å². The minimum Gasteiger partial charge on any atom is -0.486 e. The summed E-state index contributed by atoms with van der Waals surface area (Å²) >= 11 is 0. The first kappa shape index (κ1) is 20.2. The van der Waals surface area contributed by atoms with Gasteiger partial charge in [0.15, 0.2) is 0 Å². The van der Waals surface area contributed by atoms with Crippen molar-refractivity contribution in [1.82, 2.24) is 9.55 Å². The van der Waals surface area contributed by atoms with Crippen LogP contribution in [-0.4, -0.2) is 20.6 Å². The zero-order chi connectivity index (χ0) is 19.5. The van der Waals surface area contributed by atoms with E-state index in [-0.39, 0.29) is 24.6 Å². The Hall–Kier alpha value is -3.51. The Morgan fingerprint density at radius 2 is 1.72 bits per heavy atom. The van der Waals surface area contributed by atoms with Gasteiger partial charge in [-0.1, -0.05) is 24.3 Å². The first-order valence-electron chi connectivity index (χ1n) is 8.74. The number of aromatic carboxylic acids is 1. The molecule has 0 aliphatic rings. The average Bonchev–Trinajstić information content (AvgIpc) is 3.03. The molecule has 3 aromatic carbocycles. The van der Waals surface area contributed by atoms with Crippen molar-refractivity contribution in [3.05, 3.63) is 84.2 Å². The van der Waals surface area contributed by atoms with E-state index in [0.717, 1.165) is 28.4 Å². The largest absolute Gasteiger partial charge is 0.486 e. The summed E-state index contributed by atoms with van der Waals surface area (Å²) in [6.07, 6.45) is 0. The van der Waals surface area contributed by atoms with Crippen LogP contribution in [0.1, 0.15) is 16.2 Å². The number of carbonyl (C=O) groups is 1. The minimum atomic E-state index is -0.987. The average molecular weight is 411 g/mol. The minimum absolute atomic E-state index is 0. The van der Waals surface area contributed by atoms with E-state index in [1.165, 1.54) is 12.1 Å². The van der Waals surface area contributed by atoms with Crippen LogP contribution in [0.2, 0.25) is 0 Å². The second-order valence-electron chi connectivity index (χ2n) is 6.27. The van der Waals surface area contributed by atoms with E-state index in [4.69, 9.17) is 14.6 Å². The number of nitrogens with zero attached hydrogens (tertiary/aromatic N) is 2. The van der Waals surface area contributed by atoms with Crippen molar-refractivity contribution in [2.75, 3.05) is 0 Å². The van der Waals surface area contributed by atoms with Crippen LogP contribution in [0, 0.1) is 0 Å². The quantitative estimate of drug-likeness (QED) is 0.480. The van der Waals surface area contributed by atoms with E-state index in [1.807, 2.05) is 60.1 Å². The lowest BCUT2D eigenvalue weighted by molar-refractivity contribution is 0.0696. The van der Waals surface area contributed by atoms with Gasteiger partial charge >= 0.3 is 5.97 Å². The molecule has 1 N–H and O–H groups in total. The van der Waals surface area contributed by atoms with Gasteiger partial charge < -0.3 is 19.1 Å². The first-order chi connectivity index (χ1) is 13.6. The van der Waals surface area contributed by atoms with Crippen molar-refractivity contribution in [3.63, 3.8) is 0 Å². The molecular weight excluding hydrogens is 392 g/mol. The standard InChI is InChI=1S/C22H18N2O4.ClH/c1-24-20-13-18(28-16-7-3-2-4-8-16)10-11-19(20)23-21(24)14-27-17-9-5-6-15(12-17)22(25)26;/h2-13H,14H2,1H3,(H,25,26);1H. The number of ether oxygens (including phenoxy) is 2. The van der Waals surface area contributed by atoms with Crippen molar-refractivity contribution in [2.45, 2.75) is 6.61 Å². The lowest BCUT2D eigenvalue weighted by Gasteiger charge is -2.08. The van der Waals surface area contributed by atoms with Crippen LogP contribution in [0.3, 0.4) is 0 Å². The molecule has 0 saturated carbocycles. The highest BCUT2D eigenvalue weighted by Crippen LogP contribution is 2.26. The summed E-state index contributed by atoms with van der Waals surface area (Å²) in [4.78, 5) is 15.7. The molecule has 1 heterocycles. The molecule has 0 saturated heterocycles. The monoisotopic (exact) mass is 410 g/mol. The summed E-state index contributed by atoms with van der Waals surface area (Å²) in [5.41, 5.74) is 1.94. The number of imidazole rings is 1. The number of para-hydroxylation sites is 1. The number of hydrogen-bond acceptors (Lipinski definition) is 4. The van der Waals surface area contributed by atoms with E-state index < -0.39 is 5.97 Å². The molecule has 4 rings (SSSR count). The van der Waals surface area contributed by atoms with E-state index >= 15 is 0 Å². The van der Waals surface area contributed by atoms with Gasteiger partial charge in [0.25, 0.3) is 0 Å². The van der Waals surface area contributed by atoms with Crippen LogP contribution in [-0.2, 0) is 13.7 Å². The molecule has 6 nitrogen and oxygen atoms in total. The Kier molecular flexibility index (Phi) is 6.04. The van der Waals surface area contributed by atoms with Crippen molar-refractivity contribution in [1.29, 1.82) is 0 Å². The third-order valence-corrected chi connectivity index (χ3v) is 4.37. The predicted octanol–water partition coefficient (Wildman–Crippen LogP) is 5.06. The molecule has 0 atom stereocenters. The zero-order valence-corrected chi connectivity index (χ0v) is 16.4. The molecular formula is C22H19ClN2O4. The number of halogens is 1. The Balaban J connectivity index is 0.00000240. The first-order valence-corrected chi connectivity index (χ1v) is 8.74. The lowest BCUT2D eigenvalue weighted by atomic mass is 10.2. The van der Waals surface area contributed by atoms with Gasteiger partial charge in [-0.15, -0.1) is 12.4 Å².